The topological polar surface area (TPSA) is 72.9 Å². The molecule has 0 unspecified atom stereocenters. The van der Waals surface area contributed by atoms with Crippen molar-refractivity contribution in [1.29, 1.82) is 5.26 Å². The molecule has 90 valence electrons. The van der Waals surface area contributed by atoms with Gasteiger partial charge in [-0.15, -0.1) is 9.59 Å². The summed E-state index contributed by atoms with van der Waals surface area (Å²) >= 11 is 0. The molecule has 1 heterocycles. The van der Waals surface area contributed by atoms with E-state index in [-0.39, 0.29) is 0 Å². The van der Waals surface area contributed by atoms with Gasteiger partial charge in [0, 0.05) is 5.56 Å². The average molecular weight is 241 g/mol. The number of nitroso groups, excluding NO2 is 1. The van der Waals surface area contributed by atoms with Gasteiger partial charge in [-0.05, 0) is 23.7 Å². The monoisotopic (exact) mass is 241 g/mol. The first-order chi connectivity index (χ1) is 8.76. The molecule has 0 saturated heterocycles. The maximum absolute atomic E-state index is 10.6. The Hall–Kier alpha value is -2.48. The van der Waals surface area contributed by atoms with E-state index in [1.807, 2.05) is 23.7 Å². The Kier molecular flexibility index (Phi) is 3.49. The number of hydrogen-bond acceptors (Lipinski definition) is 3. The molecule has 5 nitrogen and oxygen atoms in total. The van der Waals surface area contributed by atoms with E-state index in [1.165, 1.54) is 0 Å². The van der Waals surface area contributed by atoms with E-state index in [0.717, 1.165) is 17.7 Å². The Morgan fingerprint density at radius 1 is 1.39 bits per heavy atom. The lowest BCUT2D eigenvalue weighted by atomic mass is 10.1. The molecule has 18 heavy (non-hydrogen) atoms. The standard InChI is InChI=1S/C13H12N4O/c1-2-12-13(16-18)9-17(15-12)8-11-5-3-10(7-14)4-6-11/h3-6,9H,2,8H2,1H3/p+1. The van der Waals surface area contributed by atoms with Crippen LogP contribution in [0.4, 0.5) is 5.69 Å². The predicted molar refractivity (Wildman–Crippen MR) is 66.1 cm³/mol. The second-order valence-corrected chi connectivity index (χ2v) is 3.99. The second-order valence-electron chi connectivity index (χ2n) is 3.99. The van der Waals surface area contributed by atoms with Crippen molar-refractivity contribution in [3.05, 3.63) is 52.2 Å². The number of aromatic nitrogens is 2. The lowest BCUT2D eigenvalue weighted by Gasteiger charge is -1.94. The Morgan fingerprint density at radius 3 is 2.61 bits per heavy atom. The Bertz CT molecular complexity index is 592. The lowest BCUT2D eigenvalue weighted by Crippen LogP contribution is -2.35. The Labute approximate surface area is 105 Å². The highest BCUT2D eigenvalue weighted by atomic mass is 16.3. The van der Waals surface area contributed by atoms with Crippen LogP contribution in [0.25, 0.3) is 0 Å². The van der Waals surface area contributed by atoms with Crippen molar-refractivity contribution in [2.75, 3.05) is 0 Å². The molecular formula is C13H13N4O+. The molecule has 1 aromatic heterocycles. The molecular weight excluding hydrogens is 228 g/mol. The first kappa shape index (κ1) is 12.0. The zero-order chi connectivity index (χ0) is 13.0. The second kappa shape index (κ2) is 5.23. The van der Waals surface area contributed by atoms with Crippen molar-refractivity contribution in [2.45, 2.75) is 19.9 Å². The van der Waals surface area contributed by atoms with Crippen molar-refractivity contribution >= 4 is 5.69 Å². The van der Waals surface area contributed by atoms with E-state index in [9.17, 15) is 4.91 Å². The Morgan fingerprint density at radius 2 is 2.11 bits per heavy atom. The zero-order valence-corrected chi connectivity index (χ0v) is 10.1. The maximum atomic E-state index is 10.6. The summed E-state index contributed by atoms with van der Waals surface area (Å²) < 4.78 is 1.82. The van der Waals surface area contributed by atoms with E-state index in [1.54, 1.807) is 18.3 Å². The van der Waals surface area contributed by atoms with Crippen LogP contribution in [0, 0.1) is 16.2 Å². The van der Waals surface area contributed by atoms with Gasteiger partial charge in [-0.3, -0.25) is 0 Å². The molecule has 0 aliphatic heterocycles. The van der Waals surface area contributed by atoms with Gasteiger partial charge in [0.15, 0.2) is 12.2 Å². The minimum atomic E-state index is 0.450. The van der Waals surface area contributed by atoms with Gasteiger partial charge in [0.25, 0.3) is 0 Å². The summed E-state index contributed by atoms with van der Waals surface area (Å²) in [5.41, 5.74) is 2.98. The zero-order valence-electron chi connectivity index (χ0n) is 10.1. The van der Waals surface area contributed by atoms with Gasteiger partial charge in [0.2, 0.25) is 6.20 Å². The molecule has 0 aliphatic rings. The summed E-state index contributed by atoms with van der Waals surface area (Å²) in [5, 5.41) is 14.8. The third-order valence-corrected chi connectivity index (χ3v) is 2.75. The third kappa shape index (κ3) is 2.43. The van der Waals surface area contributed by atoms with Gasteiger partial charge in [-0.2, -0.15) is 10.4 Å². The fraction of sp³-hybridized carbons (Fsp3) is 0.231. The van der Waals surface area contributed by atoms with Gasteiger partial charge < -0.3 is 0 Å². The number of nitriles is 1. The molecule has 0 radical (unpaired) electrons. The van der Waals surface area contributed by atoms with Gasteiger partial charge in [-0.25, -0.2) is 0 Å². The minimum Gasteiger partial charge on any atom is -0.192 e. The van der Waals surface area contributed by atoms with E-state index in [2.05, 4.69) is 16.3 Å². The van der Waals surface area contributed by atoms with Crippen LogP contribution in [0.15, 0.2) is 35.6 Å². The molecule has 0 bridgehead atoms. The molecule has 0 spiro atoms. The summed E-state index contributed by atoms with van der Waals surface area (Å²) in [7, 11) is 0. The van der Waals surface area contributed by atoms with Crippen LogP contribution < -0.4 is 4.68 Å². The molecule has 2 rings (SSSR count). The maximum Gasteiger partial charge on any atom is 0.225 e. The fourth-order valence-electron chi connectivity index (χ4n) is 1.79. The molecule has 0 saturated carbocycles. The predicted octanol–water partition coefficient (Wildman–Crippen LogP) is 2.18. The van der Waals surface area contributed by atoms with Gasteiger partial charge in [0.1, 0.15) is 5.69 Å². The first-order valence-electron chi connectivity index (χ1n) is 5.70. The van der Waals surface area contributed by atoms with Gasteiger partial charge in [0.05, 0.1) is 11.6 Å². The molecule has 2 aromatic rings. The number of nitrogens with one attached hydrogen (secondary N) is 1. The minimum absolute atomic E-state index is 0.450. The summed E-state index contributed by atoms with van der Waals surface area (Å²) in [6.45, 7) is 2.58. The normalized spacial score (nSPS) is 10.0. The fourth-order valence-corrected chi connectivity index (χ4v) is 1.79. The SMILES string of the molecule is CCc1[nH][n+](Cc2ccc(C#N)cc2)cc1N=O. The van der Waals surface area contributed by atoms with Crippen molar-refractivity contribution in [2.24, 2.45) is 5.18 Å². The van der Waals surface area contributed by atoms with Crippen LogP contribution >= 0.6 is 0 Å². The van der Waals surface area contributed by atoms with Crippen LogP contribution in [-0.4, -0.2) is 5.10 Å². The van der Waals surface area contributed by atoms with Crippen LogP contribution in [0.5, 0.6) is 0 Å². The number of hydrogen-bond donors (Lipinski definition) is 1. The molecule has 0 amide bonds. The molecule has 1 aromatic carbocycles. The number of benzene rings is 1. The van der Waals surface area contributed by atoms with Crippen LogP contribution in [0.1, 0.15) is 23.7 Å². The van der Waals surface area contributed by atoms with E-state index in [0.29, 0.717) is 17.8 Å². The van der Waals surface area contributed by atoms with Crippen LogP contribution in [-0.2, 0) is 13.0 Å². The highest BCUT2D eigenvalue weighted by Gasteiger charge is 2.14. The molecule has 0 atom stereocenters. The summed E-state index contributed by atoms with van der Waals surface area (Å²) in [6, 6.07) is 9.42. The third-order valence-electron chi connectivity index (χ3n) is 2.75. The van der Waals surface area contributed by atoms with Crippen molar-refractivity contribution in [3.8, 4) is 6.07 Å². The van der Waals surface area contributed by atoms with E-state index < -0.39 is 0 Å². The van der Waals surface area contributed by atoms with Crippen molar-refractivity contribution in [3.63, 3.8) is 0 Å². The van der Waals surface area contributed by atoms with Gasteiger partial charge in [-0.1, -0.05) is 19.1 Å². The highest BCUT2D eigenvalue weighted by molar-refractivity contribution is 5.37. The summed E-state index contributed by atoms with van der Waals surface area (Å²) in [6.07, 6.45) is 2.44. The first-order valence-corrected chi connectivity index (χ1v) is 5.70. The van der Waals surface area contributed by atoms with Gasteiger partial charge >= 0.3 is 0 Å². The molecule has 0 aliphatic carbocycles. The van der Waals surface area contributed by atoms with Crippen molar-refractivity contribution in [1.82, 2.24) is 5.10 Å². The number of nitrogens with zero attached hydrogens (tertiary/aromatic N) is 3. The van der Waals surface area contributed by atoms with Crippen LogP contribution in [0.2, 0.25) is 0 Å². The van der Waals surface area contributed by atoms with E-state index in [4.69, 9.17) is 5.26 Å². The summed E-state index contributed by atoms with van der Waals surface area (Å²) in [4.78, 5) is 10.6. The molecule has 0 fully saturated rings. The number of rotatable bonds is 4. The van der Waals surface area contributed by atoms with Crippen molar-refractivity contribution < 1.29 is 4.68 Å². The summed E-state index contributed by atoms with van der Waals surface area (Å²) in [5.74, 6) is 0. The van der Waals surface area contributed by atoms with Crippen LogP contribution in [0.3, 0.4) is 0 Å². The largest absolute Gasteiger partial charge is 0.225 e. The lowest BCUT2D eigenvalue weighted by molar-refractivity contribution is -0.742. The average Bonchev–Trinajstić information content (AvgIpc) is 2.81. The van der Waals surface area contributed by atoms with E-state index >= 15 is 0 Å². The smallest absolute Gasteiger partial charge is 0.192 e. The Balaban J connectivity index is 2.20. The quantitative estimate of drug-likeness (QED) is 0.658. The molecule has 1 N–H and O–H groups in total. The molecule has 5 heteroatoms. The number of H-pyrrole nitrogens is 1. The number of aryl methyl sites for hydroxylation is 1. The number of aromatic amines is 1. The highest BCUT2D eigenvalue weighted by Crippen LogP contribution is 2.14.